The lowest BCUT2D eigenvalue weighted by Crippen LogP contribution is -2.50. The lowest BCUT2D eigenvalue weighted by molar-refractivity contribution is -0.150. The molecule has 0 aliphatic rings. The SMILES string of the molecule is CCNC(C)(CCCCN(C)C(C)COC)C(=O)OCC. The molecule has 0 heterocycles. The maximum Gasteiger partial charge on any atom is 0.326 e. The zero-order valence-corrected chi connectivity index (χ0v) is 14.7. The lowest BCUT2D eigenvalue weighted by atomic mass is 9.94. The number of hydrogen-bond acceptors (Lipinski definition) is 5. The Morgan fingerprint density at radius 3 is 2.52 bits per heavy atom. The molecule has 0 aromatic heterocycles. The molecule has 0 spiro atoms. The zero-order chi connectivity index (χ0) is 16.3. The predicted octanol–water partition coefficient (Wildman–Crippen LogP) is 2.05. The number of ether oxygens (including phenoxy) is 2. The molecule has 21 heavy (non-hydrogen) atoms. The van der Waals surface area contributed by atoms with Crippen LogP contribution in [0, 0.1) is 0 Å². The highest BCUT2D eigenvalue weighted by molar-refractivity contribution is 5.80. The second-order valence-electron chi connectivity index (χ2n) is 5.82. The Morgan fingerprint density at radius 2 is 2.00 bits per heavy atom. The van der Waals surface area contributed by atoms with Gasteiger partial charge in [0.05, 0.1) is 13.2 Å². The van der Waals surface area contributed by atoms with Gasteiger partial charge in [0, 0.05) is 13.2 Å². The van der Waals surface area contributed by atoms with Crippen LogP contribution in [0.15, 0.2) is 0 Å². The number of carbonyl (C=O) groups excluding carboxylic acids is 1. The molecule has 126 valence electrons. The number of likely N-dealkylation sites (N-methyl/N-ethyl adjacent to an activating group) is 2. The van der Waals surface area contributed by atoms with E-state index >= 15 is 0 Å². The van der Waals surface area contributed by atoms with Crippen LogP contribution in [0.25, 0.3) is 0 Å². The molecule has 1 N–H and O–H groups in total. The van der Waals surface area contributed by atoms with E-state index in [1.54, 1.807) is 7.11 Å². The maximum atomic E-state index is 12.1. The van der Waals surface area contributed by atoms with E-state index in [1.165, 1.54) is 0 Å². The Bertz CT molecular complexity index is 287. The molecule has 0 aliphatic carbocycles. The van der Waals surface area contributed by atoms with Crippen LogP contribution in [0.2, 0.25) is 0 Å². The van der Waals surface area contributed by atoms with E-state index in [0.717, 1.165) is 39.0 Å². The van der Waals surface area contributed by atoms with Gasteiger partial charge in [-0.15, -0.1) is 0 Å². The summed E-state index contributed by atoms with van der Waals surface area (Å²) in [5, 5.41) is 3.27. The summed E-state index contributed by atoms with van der Waals surface area (Å²) in [5.74, 6) is -0.145. The van der Waals surface area contributed by atoms with Crippen LogP contribution in [-0.2, 0) is 14.3 Å². The van der Waals surface area contributed by atoms with Gasteiger partial charge in [-0.3, -0.25) is 4.79 Å². The molecule has 0 saturated heterocycles. The minimum atomic E-state index is -0.568. The van der Waals surface area contributed by atoms with E-state index in [9.17, 15) is 4.79 Å². The van der Waals surface area contributed by atoms with Crippen molar-refractivity contribution in [3.63, 3.8) is 0 Å². The van der Waals surface area contributed by atoms with E-state index in [1.807, 2.05) is 20.8 Å². The fraction of sp³-hybridized carbons (Fsp3) is 0.938. The Kier molecular flexibility index (Phi) is 10.6. The van der Waals surface area contributed by atoms with Crippen LogP contribution in [0.4, 0.5) is 0 Å². The first kappa shape index (κ1) is 20.3. The van der Waals surface area contributed by atoms with Crippen molar-refractivity contribution in [1.82, 2.24) is 10.2 Å². The van der Waals surface area contributed by atoms with Crippen molar-refractivity contribution in [2.24, 2.45) is 0 Å². The minimum absolute atomic E-state index is 0.145. The molecule has 0 aromatic carbocycles. The van der Waals surface area contributed by atoms with E-state index in [-0.39, 0.29) is 5.97 Å². The summed E-state index contributed by atoms with van der Waals surface area (Å²) in [7, 11) is 3.84. The normalized spacial score (nSPS) is 15.8. The number of carbonyl (C=O) groups is 1. The van der Waals surface area contributed by atoms with Crippen molar-refractivity contribution >= 4 is 5.97 Å². The van der Waals surface area contributed by atoms with Crippen LogP contribution in [0.1, 0.15) is 47.0 Å². The standard InChI is InChI=1S/C16H34N2O3/c1-7-17-16(4,15(19)21-8-2)11-9-10-12-18(5)14(3)13-20-6/h14,17H,7-13H2,1-6H3. The lowest BCUT2D eigenvalue weighted by Gasteiger charge is -2.29. The fourth-order valence-corrected chi connectivity index (χ4v) is 2.37. The molecule has 0 bridgehead atoms. The molecular formula is C16H34N2O3. The molecule has 0 fully saturated rings. The predicted molar refractivity (Wildman–Crippen MR) is 86.5 cm³/mol. The summed E-state index contributed by atoms with van der Waals surface area (Å²) in [6.45, 7) is 10.9. The first-order valence-corrected chi connectivity index (χ1v) is 8.02. The molecule has 5 nitrogen and oxygen atoms in total. The Morgan fingerprint density at radius 1 is 1.33 bits per heavy atom. The van der Waals surface area contributed by atoms with Gasteiger partial charge in [-0.2, -0.15) is 0 Å². The molecule has 0 aromatic rings. The van der Waals surface area contributed by atoms with Crippen molar-refractivity contribution < 1.29 is 14.3 Å². The van der Waals surface area contributed by atoms with Crippen LogP contribution in [0.3, 0.4) is 0 Å². The number of methoxy groups -OCH3 is 1. The Hall–Kier alpha value is -0.650. The summed E-state index contributed by atoms with van der Waals surface area (Å²) in [6, 6.07) is 0.417. The zero-order valence-electron chi connectivity index (χ0n) is 14.7. The number of nitrogens with zero attached hydrogens (tertiary/aromatic N) is 1. The van der Waals surface area contributed by atoms with E-state index in [0.29, 0.717) is 12.6 Å². The highest BCUT2D eigenvalue weighted by atomic mass is 16.5. The second kappa shape index (κ2) is 11.0. The third-order valence-electron chi connectivity index (χ3n) is 3.89. The number of hydrogen-bond donors (Lipinski definition) is 1. The van der Waals surface area contributed by atoms with Crippen molar-refractivity contribution in [3.8, 4) is 0 Å². The summed E-state index contributed by atoms with van der Waals surface area (Å²) in [4.78, 5) is 14.4. The highest BCUT2D eigenvalue weighted by Gasteiger charge is 2.32. The molecule has 2 unspecified atom stereocenters. The molecule has 0 saturated carbocycles. The molecule has 0 aliphatic heterocycles. The Labute approximate surface area is 130 Å². The van der Waals surface area contributed by atoms with E-state index < -0.39 is 5.54 Å². The van der Waals surface area contributed by atoms with Gasteiger partial charge in [0.2, 0.25) is 0 Å². The van der Waals surface area contributed by atoms with Gasteiger partial charge in [0.15, 0.2) is 0 Å². The second-order valence-corrected chi connectivity index (χ2v) is 5.82. The average Bonchev–Trinajstić information content (AvgIpc) is 2.44. The number of nitrogens with one attached hydrogen (secondary N) is 1. The summed E-state index contributed by atoms with van der Waals surface area (Å²) >= 11 is 0. The number of rotatable bonds is 12. The molecule has 0 rings (SSSR count). The summed E-state index contributed by atoms with van der Waals surface area (Å²) in [6.07, 6.45) is 2.85. The third-order valence-corrected chi connectivity index (χ3v) is 3.89. The van der Waals surface area contributed by atoms with Crippen LogP contribution in [0.5, 0.6) is 0 Å². The highest BCUT2D eigenvalue weighted by Crippen LogP contribution is 2.16. The smallest absolute Gasteiger partial charge is 0.326 e. The first-order chi connectivity index (χ1) is 9.91. The maximum absolute atomic E-state index is 12.1. The third kappa shape index (κ3) is 7.79. The van der Waals surface area contributed by atoms with Gasteiger partial charge in [-0.05, 0) is 60.2 Å². The van der Waals surface area contributed by atoms with Crippen LogP contribution < -0.4 is 5.32 Å². The van der Waals surface area contributed by atoms with Crippen molar-refractivity contribution in [2.45, 2.75) is 58.5 Å². The minimum Gasteiger partial charge on any atom is -0.465 e. The summed E-state index contributed by atoms with van der Waals surface area (Å²) < 4.78 is 10.3. The molecule has 0 amide bonds. The average molecular weight is 302 g/mol. The Balaban J connectivity index is 4.17. The van der Waals surface area contributed by atoms with Crippen molar-refractivity contribution in [1.29, 1.82) is 0 Å². The monoisotopic (exact) mass is 302 g/mol. The van der Waals surface area contributed by atoms with Crippen molar-refractivity contribution in [3.05, 3.63) is 0 Å². The van der Waals surface area contributed by atoms with Gasteiger partial charge < -0.3 is 19.7 Å². The first-order valence-electron chi connectivity index (χ1n) is 8.02. The van der Waals surface area contributed by atoms with E-state index in [2.05, 4.69) is 24.2 Å². The number of esters is 1. The van der Waals surface area contributed by atoms with Gasteiger partial charge in [0.25, 0.3) is 0 Å². The molecule has 0 radical (unpaired) electrons. The van der Waals surface area contributed by atoms with Gasteiger partial charge in [0.1, 0.15) is 5.54 Å². The van der Waals surface area contributed by atoms with Gasteiger partial charge in [-0.25, -0.2) is 0 Å². The fourth-order valence-electron chi connectivity index (χ4n) is 2.37. The quantitative estimate of drug-likeness (QED) is 0.442. The largest absolute Gasteiger partial charge is 0.465 e. The topological polar surface area (TPSA) is 50.8 Å². The van der Waals surface area contributed by atoms with E-state index in [4.69, 9.17) is 9.47 Å². The van der Waals surface area contributed by atoms with Gasteiger partial charge in [-0.1, -0.05) is 6.92 Å². The van der Waals surface area contributed by atoms with Crippen LogP contribution >= 0.6 is 0 Å². The molecular weight excluding hydrogens is 268 g/mol. The number of unbranched alkanes of at least 4 members (excludes halogenated alkanes) is 1. The molecule has 5 heteroatoms. The molecule has 2 atom stereocenters. The summed E-state index contributed by atoms with van der Waals surface area (Å²) in [5.41, 5.74) is -0.568. The van der Waals surface area contributed by atoms with Crippen LogP contribution in [-0.4, -0.2) is 62.9 Å². The van der Waals surface area contributed by atoms with Gasteiger partial charge >= 0.3 is 5.97 Å². The van der Waals surface area contributed by atoms with Crippen molar-refractivity contribution in [2.75, 3.05) is 40.5 Å².